The Balaban J connectivity index is 1.27. The fraction of sp³-hybridized carbons (Fsp3) is 0.450. The summed E-state index contributed by atoms with van der Waals surface area (Å²) in [5, 5.41) is 4.16. The van der Waals surface area contributed by atoms with E-state index in [2.05, 4.69) is 70.2 Å². The van der Waals surface area contributed by atoms with E-state index in [1.165, 1.54) is 11.1 Å². The summed E-state index contributed by atoms with van der Waals surface area (Å²) in [6.07, 6.45) is 10.1. The lowest BCUT2D eigenvalue weighted by molar-refractivity contribution is -0.00695. The normalized spacial score (nSPS) is 18.7. The average Bonchev–Trinajstić information content (AvgIpc) is 3.66. The van der Waals surface area contributed by atoms with Gasteiger partial charge in [-0.15, -0.1) is 0 Å². The number of ether oxygens (including phenoxy) is 2. The SMILES string of the molecule is CCC(CC(C)c1cccc2c(C(=O)OC3(C)CCCC3)cccc12)c1cccc2c(C(=O)OC3(C)CCCC3)cccc12. The molecule has 0 bridgehead atoms. The van der Waals surface area contributed by atoms with Gasteiger partial charge in [-0.05, 0) is 135 Å². The smallest absolute Gasteiger partial charge is 0.339 e. The molecule has 0 aromatic heterocycles. The highest BCUT2D eigenvalue weighted by atomic mass is 16.6. The molecule has 2 fully saturated rings. The molecule has 4 nitrogen and oxygen atoms in total. The van der Waals surface area contributed by atoms with Gasteiger partial charge in [-0.3, -0.25) is 0 Å². The maximum atomic E-state index is 13.4. The van der Waals surface area contributed by atoms with Gasteiger partial charge >= 0.3 is 11.9 Å². The summed E-state index contributed by atoms with van der Waals surface area (Å²) in [4.78, 5) is 26.8. The van der Waals surface area contributed by atoms with Crippen LogP contribution < -0.4 is 0 Å². The molecule has 4 aromatic carbocycles. The lowest BCUT2D eigenvalue weighted by atomic mass is 9.81. The molecular formula is C40H46O4. The molecule has 0 amide bonds. The number of hydrogen-bond donors (Lipinski definition) is 0. The number of benzene rings is 4. The zero-order chi connectivity index (χ0) is 30.9. The van der Waals surface area contributed by atoms with Crippen LogP contribution in [-0.4, -0.2) is 23.1 Å². The molecule has 0 saturated heterocycles. The van der Waals surface area contributed by atoms with E-state index in [0.29, 0.717) is 17.0 Å². The molecule has 2 aliphatic rings. The molecule has 4 heteroatoms. The van der Waals surface area contributed by atoms with Crippen molar-refractivity contribution in [2.45, 2.75) is 115 Å². The van der Waals surface area contributed by atoms with Crippen LogP contribution in [0.15, 0.2) is 72.8 Å². The van der Waals surface area contributed by atoms with Crippen LogP contribution in [0, 0.1) is 0 Å². The maximum absolute atomic E-state index is 13.4. The molecule has 230 valence electrons. The van der Waals surface area contributed by atoms with Gasteiger partial charge in [0, 0.05) is 0 Å². The molecule has 44 heavy (non-hydrogen) atoms. The zero-order valence-corrected chi connectivity index (χ0v) is 26.8. The molecule has 6 rings (SSSR count). The van der Waals surface area contributed by atoms with Crippen LogP contribution in [0.4, 0.5) is 0 Å². The Bertz CT molecular complexity index is 1670. The van der Waals surface area contributed by atoms with Crippen LogP contribution in [0.5, 0.6) is 0 Å². The molecule has 0 heterocycles. The molecule has 2 atom stereocenters. The summed E-state index contributed by atoms with van der Waals surface area (Å²) in [6, 6.07) is 24.7. The van der Waals surface area contributed by atoms with Crippen molar-refractivity contribution in [2.24, 2.45) is 0 Å². The number of carbonyl (C=O) groups excluding carboxylic acids is 2. The van der Waals surface area contributed by atoms with Crippen molar-refractivity contribution >= 4 is 33.5 Å². The highest BCUT2D eigenvalue weighted by Crippen LogP contribution is 2.40. The van der Waals surface area contributed by atoms with Gasteiger partial charge in [-0.25, -0.2) is 9.59 Å². The quantitative estimate of drug-likeness (QED) is 0.182. The molecule has 2 saturated carbocycles. The lowest BCUT2D eigenvalue weighted by Gasteiger charge is -2.26. The van der Waals surface area contributed by atoms with Gasteiger partial charge < -0.3 is 9.47 Å². The summed E-state index contributed by atoms with van der Waals surface area (Å²) in [5.41, 5.74) is 3.10. The Labute approximate surface area is 262 Å². The van der Waals surface area contributed by atoms with Gasteiger partial charge in [-0.2, -0.15) is 0 Å². The first-order chi connectivity index (χ1) is 21.2. The van der Waals surface area contributed by atoms with E-state index in [-0.39, 0.29) is 29.1 Å². The van der Waals surface area contributed by atoms with Crippen molar-refractivity contribution in [3.05, 3.63) is 95.1 Å². The monoisotopic (exact) mass is 590 g/mol. The third kappa shape index (κ3) is 6.01. The highest BCUT2D eigenvalue weighted by Gasteiger charge is 2.34. The van der Waals surface area contributed by atoms with Crippen molar-refractivity contribution in [2.75, 3.05) is 0 Å². The molecule has 2 aliphatic carbocycles. The van der Waals surface area contributed by atoms with Gasteiger partial charge in [0.1, 0.15) is 11.2 Å². The van der Waals surface area contributed by atoms with Gasteiger partial charge in [-0.1, -0.05) is 74.5 Å². The van der Waals surface area contributed by atoms with E-state index in [4.69, 9.17) is 9.47 Å². The third-order valence-corrected chi connectivity index (χ3v) is 10.5. The van der Waals surface area contributed by atoms with E-state index in [0.717, 1.165) is 85.8 Å². The Morgan fingerprint density at radius 1 is 0.636 bits per heavy atom. The summed E-state index contributed by atoms with van der Waals surface area (Å²) in [5.74, 6) is 0.125. The number of carbonyl (C=O) groups is 2. The lowest BCUT2D eigenvalue weighted by Crippen LogP contribution is -2.28. The highest BCUT2D eigenvalue weighted by molar-refractivity contribution is 6.06. The van der Waals surface area contributed by atoms with Gasteiger partial charge in [0.05, 0.1) is 11.1 Å². The minimum Gasteiger partial charge on any atom is -0.456 e. The maximum Gasteiger partial charge on any atom is 0.339 e. The second-order valence-electron chi connectivity index (χ2n) is 13.8. The van der Waals surface area contributed by atoms with Crippen LogP contribution in [-0.2, 0) is 9.47 Å². The third-order valence-electron chi connectivity index (χ3n) is 10.5. The largest absolute Gasteiger partial charge is 0.456 e. The number of hydrogen-bond acceptors (Lipinski definition) is 4. The van der Waals surface area contributed by atoms with Crippen molar-refractivity contribution in [1.82, 2.24) is 0 Å². The standard InChI is InChI=1S/C40H46O4/c1-5-28(30-15-11-19-34-32(30)17-13-21-36(34)38(42)44-40(4)24-8-9-25-40)26-27(2)29-14-10-18-33-31(29)16-12-20-35(33)37(41)43-39(3)22-6-7-23-39/h10-21,27-28H,5-9,22-26H2,1-4H3. The molecule has 0 spiro atoms. The van der Waals surface area contributed by atoms with Crippen molar-refractivity contribution < 1.29 is 19.1 Å². The topological polar surface area (TPSA) is 52.6 Å². The number of rotatable bonds is 9. The van der Waals surface area contributed by atoms with Crippen molar-refractivity contribution in [3.63, 3.8) is 0 Å². The fourth-order valence-electron chi connectivity index (χ4n) is 7.89. The molecule has 0 N–H and O–H groups in total. The first kappa shape index (κ1) is 30.4. The average molecular weight is 591 g/mol. The first-order valence-corrected chi connectivity index (χ1v) is 16.7. The van der Waals surface area contributed by atoms with Crippen molar-refractivity contribution in [1.29, 1.82) is 0 Å². The van der Waals surface area contributed by atoms with Crippen LogP contribution in [0.1, 0.15) is 136 Å². The van der Waals surface area contributed by atoms with Gasteiger partial charge in [0.15, 0.2) is 0 Å². The Kier molecular flexibility index (Phi) is 8.55. The summed E-state index contributed by atoms with van der Waals surface area (Å²) < 4.78 is 12.2. The Hall–Kier alpha value is -3.66. The first-order valence-electron chi connectivity index (χ1n) is 16.7. The summed E-state index contributed by atoms with van der Waals surface area (Å²) in [7, 11) is 0. The second kappa shape index (κ2) is 12.4. The van der Waals surface area contributed by atoms with Crippen LogP contribution in [0.3, 0.4) is 0 Å². The minimum atomic E-state index is -0.359. The number of esters is 2. The fourth-order valence-corrected chi connectivity index (χ4v) is 7.89. The molecule has 2 unspecified atom stereocenters. The Morgan fingerprint density at radius 2 is 1.05 bits per heavy atom. The minimum absolute atomic E-state index is 0.217. The zero-order valence-electron chi connectivity index (χ0n) is 26.8. The molecule has 0 radical (unpaired) electrons. The van der Waals surface area contributed by atoms with Gasteiger partial charge in [0.25, 0.3) is 0 Å². The molecule has 0 aliphatic heterocycles. The van der Waals surface area contributed by atoms with Crippen LogP contribution in [0.25, 0.3) is 21.5 Å². The van der Waals surface area contributed by atoms with E-state index in [1.807, 2.05) is 30.3 Å². The second-order valence-corrected chi connectivity index (χ2v) is 13.8. The number of fused-ring (bicyclic) bond motifs is 2. The van der Waals surface area contributed by atoms with Crippen LogP contribution >= 0.6 is 0 Å². The molecular weight excluding hydrogens is 544 g/mol. The van der Waals surface area contributed by atoms with E-state index in [9.17, 15) is 9.59 Å². The van der Waals surface area contributed by atoms with E-state index >= 15 is 0 Å². The van der Waals surface area contributed by atoms with E-state index < -0.39 is 0 Å². The van der Waals surface area contributed by atoms with Crippen molar-refractivity contribution in [3.8, 4) is 0 Å². The summed E-state index contributed by atoms with van der Waals surface area (Å²) >= 11 is 0. The van der Waals surface area contributed by atoms with Crippen LogP contribution in [0.2, 0.25) is 0 Å². The van der Waals surface area contributed by atoms with E-state index in [1.54, 1.807) is 0 Å². The van der Waals surface area contributed by atoms with Gasteiger partial charge in [0.2, 0.25) is 0 Å². The predicted octanol–water partition coefficient (Wildman–Crippen LogP) is 10.7. The Morgan fingerprint density at radius 3 is 1.52 bits per heavy atom. The molecule has 4 aromatic rings. The summed E-state index contributed by atoms with van der Waals surface area (Å²) in [6.45, 7) is 8.67. The predicted molar refractivity (Wildman–Crippen MR) is 179 cm³/mol.